The van der Waals surface area contributed by atoms with Gasteiger partial charge < -0.3 is 0 Å². The van der Waals surface area contributed by atoms with Crippen LogP contribution < -0.4 is 0 Å². The van der Waals surface area contributed by atoms with Gasteiger partial charge in [0, 0.05) is 28.8 Å². The summed E-state index contributed by atoms with van der Waals surface area (Å²) in [5, 5.41) is 0. The number of hydrogen-bond donors (Lipinski definition) is 0. The molecular weight excluding hydrogens is 270 g/mol. The van der Waals surface area contributed by atoms with Gasteiger partial charge in [0.1, 0.15) is 0 Å². The summed E-state index contributed by atoms with van der Waals surface area (Å²) in [5.74, 6) is 6.34. The van der Waals surface area contributed by atoms with Gasteiger partial charge in [-0.2, -0.15) is 0 Å². The number of nitrogens with zero attached hydrogens (tertiary/aromatic N) is 1. The maximum Gasteiger partial charge on any atom is 0.0458 e. The van der Waals surface area contributed by atoms with E-state index < -0.39 is 0 Å². The van der Waals surface area contributed by atoms with E-state index in [1.54, 1.807) is 0 Å². The van der Waals surface area contributed by atoms with Gasteiger partial charge in [0.15, 0.2) is 0 Å². The molecule has 3 heteroatoms. The van der Waals surface area contributed by atoms with Crippen LogP contribution in [0, 0.1) is 16.7 Å². The molecule has 5 fully saturated rings. The van der Waals surface area contributed by atoms with Crippen molar-refractivity contribution >= 4 is 23.5 Å². The van der Waals surface area contributed by atoms with E-state index in [9.17, 15) is 0 Å². The minimum atomic E-state index is 0.577. The second-order valence-corrected chi connectivity index (χ2v) is 10.6. The third-order valence-electron chi connectivity index (χ3n) is 6.13. The maximum absolute atomic E-state index is 2.90. The summed E-state index contributed by atoms with van der Waals surface area (Å²) in [6.07, 6.45) is 9.06. The largest absolute Gasteiger partial charge is 0.279 e. The van der Waals surface area contributed by atoms with Crippen molar-refractivity contribution < 1.29 is 0 Å². The molecule has 4 aliphatic carbocycles. The van der Waals surface area contributed by atoms with Gasteiger partial charge in [0.05, 0.1) is 0 Å². The quantitative estimate of drug-likeness (QED) is 0.705. The highest BCUT2D eigenvalue weighted by Crippen LogP contribution is 2.67. The Kier molecular flexibility index (Phi) is 3.04. The predicted molar refractivity (Wildman–Crippen MR) is 86.6 cm³/mol. The average Bonchev–Trinajstić information content (AvgIpc) is 2.52. The van der Waals surface area contributed by atoms with Gasteiger partial charge in [-0.15, -0.1) is 23.5 Å². The fourth-order valence-corrected chi connectivity index (χ4v) is 9.01. The molecule has 4 saturated carbocycles. The molecule has 5 rings (SSSR count). The second kappa shape index (κ2) is 4.33. The van der Waals surface area contributed by atoms with Gasteiger partial charge in [-0.1, -0.05) is 13.8 Å². The van der Waals surface area contributed by atoms with Crippen molar-refractivity contribution in [2.75, 3.05) is 23.3 Å². The first-order chi connectivity index (χ1) is 9.01. The lowest BCUT2D eigenvalue weighted by molar-refractivity contribution is -0.153. The molecule has 0 N–H and O–H groups in total. The predicted octanol–water partition coefficient (Wildman–Crippen LogP) is 4.43. The summed E-state index contributed by atoms with van der Waals surface area (Å²) in [6.45, 7) is 5.20. The van der Waals surface area contributed by atoms with Crippen LogP contribution in [0.4, 0.5) is 0 Å². The summed E-state index contributed by atoms with van der Waals surface area (Å²) in [5.41, 5.74) is 1.90. The highest BCUT2D eigenvalue weighted by Gasteiger charge is 2.61. The van der Waals surface area contributed by atoms with Crippen LogP contribution in [-0.2, 0) is 0 Å². The third-order valence-corrected chi connectivity index (χ3v) is 8.37. The van der Waals surface area contributed by atoms with Crippen LogP contribution in [0.3, 0.4) is 0 Å². The Labute approximate surface area is 126 Å². The van der Waals surface area contributed by atoms with Crippen LogP contribution in [0.25, 0.3) is 0 Å². The molecule has 0 amide bonds. The van der Waals surface area contributed by atoms with Gasteiger partial charge in [-0.05, 0) is 55.3 Å². The highest BCUT2D eigenvalue weighted by atomic mass is 32.2. The fourth-order valence-electron chi connectivity index (χ4n) is 6.52. The molecule has 1 heterocycles. The molecule has 2 unspecified atom stereocenters. The van der Waals surface area contributed by atoms with Crippen LogP contribution in [0.15, 0.2) is 0 Å². The van der Waals surface area contributed by atoms with Crippen molar-refractivity contribution in [2.24, 2.45) is 16.7 Å². The number of thioether (sulfide) groups is 2. The van der Waals surface area contributed by atoms with E-state index in [2.05, 4.69) is 42.3 Å². The highest BCUT2D eigenvalue weighted by molar-refractivity contribution is 8.03. The van der Waals surface area contributed by atoms with Crippen LogP contribution in [-0.4, -0.2) is 33.7 Å². The first kappa shape index (κ1) is 13.3. The Balaban J connectivity index is 1.66. The van der Waals surface area contributed by atoms with Gasteiger partial charge in [-0.3, -0.25) is 4.90 Å². The molecule has 0 aromatic carbocycles. The zero-order valence-corrected chi connectivity index (χ0v) is 14.0. The Bertz CT molecular complexity index is 357. The van der Waals surface area contributed by atoms with E-state index in [0.717, 1.165) is 5.92 Å². The molecule has 0 radical (unpaired) electrons. The minimum absolute atomic E-state index is 0.577. The second-order valence-electron chi connectivity index (χ2n) is 8.47. The first-order valence-corrected chi connectivity index (χ1v) is 10.2. The standard InChI is InChI=1S/C16H27NS2/c1-14-5-13-6-15(2,8-14)10-16(7-13,9-14)17-11-18-3-4-19-12-17/h13H,3-12H2,1-2H3. The van der Waals surface area contributed by atoms with Crippen molar-refractivity contribution in [3.8, 4) is 0 Å². The molecule has 1 nitrogen and oxygen atoms in total. The van der Waals surface area contributed by atoms with E-state index in [1.165, 1.54) is 61.8 Å². The van der Waals surface area contributed by atoms with Crippen LogP contribution in [0.1, 0.15) is 52.4 Å². The van der Waals surface area contributed by atoms with Gasteiger partial charge >= 0.3 is 0 Å². The van der Waals surface area contributed by atoms with Crippen molar-refractivity contribution in [1.82, 2.24) is 4.90 Å². The van der Waals surface area contributed by atoms with Crippen molar-refractivity contribution in [3.05, 3.63) is 0 Å². The lowest BCUT2D eigenvalue weighted by atomic mass is 9.42. The summed E-state index contributed by atoms with van der Waals surface area (Å²) in [6, 6.07) is 0. The molecule has 19 heavy (non-hydrogen) atoms. The average molecular weight is 298 g/mol. The van der Waals surface area contributed by atoms with Gasteiger partial charge in [0.2, 0.25) is 0 Å². The third kappa shape index (κ3) is 2.19. The Morgan fingerprint density at radius 1 is 0.842 bits per heavy atom. The van der Waals surface area contributed by atoms with E-state index >= 15 is 0 Å². The SMILES string of the molecule is CC12CC3CC(C)(C1)CC(N1CSCCSC1)(C3)C2. The zero-order valence-electron chi connectivity index (χ0n) is 12.4. The summed E-state index contributed by atoms with van der Waals surface area (Å²) in [4.78, 5) is 2.90. The van der Waals surface area contributed by atoms with Gasteiger partial charge in [-0.25, -0.2) is 0 Å². The first-order valence-electron chi connectivity index (χ1n) is 7.92. The summed E-state index contributed by atoms with van der Waals surface area (Å²) >= 11 is 4.35. The molecule has 108 valence electrons. The Morgan fingerprint density at radius 2 is 1.42 bits per heavy atom. The lowest BCUT2D eigenvalue weighted by Gasteiger charge is -2.67. The van der Waals surface area contributed by atoms with Crippen LogP contribution >= 0.6 is 23.5 Å². The minimum Gasteiger partial charge on any atom is -0.279 e. The molecule has 0 spiro atoms. The zero-order chi connectivity index (χ0) is 13.1. The molecule has 0 aromatic heterocycles. The monoisotopic (exact) mass is 297 g/mol. The van der Waals surface area contributed by atoms with E-state index in [-0.39, 0.29) is 0 Å². The summed E-state index contributed by atoms with van der Waals surface area (Å²) < 4.78 is 0. The van der Waals surface area contributed by atoms with E-state index in [4.69, 9.17) is 0 Å². The van der Waals surface area contributed by atoms with Crippen molar-refractivity contribution in [1.29, 1.82) is 0 Å². The molecular formula is C16H27NS2. The molecule has 5 aliphatic rings. The molecule has 4 bridgehead atoms. The van der Waals surface area contributed by atoms with Crippen LogP contribution in [0.5, 0.6) is 0 Å². The van der Waals surface area contributed by atoms with Gasteiger partial charge in [0.25, 0.3) is 0 Å². The summed E-state index contributed by atoms with van der Waals surface area (Å²) in [7, 11) is 0. The fraction of sp³-hybridized carbons (Fsp3) is 1.00. The molecule has 0 aromatic rings. The molecule has 2 atom stereocenters. The lowest BCUT2D eigenvalue weighted by Crippen LogP contribution is -2.64. The van der Waals surface area contributed by atoms with Crippen molar-refractivity contribution in [2.45, 2.75) is 57.9 Å². The topological polar surface area (TPSA) is 3.24 Å². The molecule has 1 aliphatic heterocycles. The van der Waals surface area contributed by atoms with Crippen LogP contribution in [0.2, 0.25) is 0 Å². The Hall–Kier alpha value is 0.660. The number of rotatable bonds is 1. The Morgan fingerprint density at radius 3 is 1.95 bits per heavy atom. The smallest absolute Gasteiger partial charge is 0.0458 e. The maximum atomic E-state index is 2.90. The van der Waals surface area contributed by atoms with E-state index in [1.807, 2.05) is 0 Å². The molecule has 1 saturated heterocycles. The van der Waals surface area contributed by atoms with Crippen molar-refractivity contribution in [3.63, 3.8) is 0 Å². The number of hydrogen-bond acceptors (Lipinski definition) is 3. The normalized spacial score (nSPS) is 54.3. The van der Waals surface area contributed by atoms with E-state index in [0.29, 0.717) is 16.4 Å².